The van der Waals surface area contributed by atoms with E-state index in [1.54, 1.807) is 0 Å². The van der Waals surface area contributed by atoms with Crippen LogP contribution in [0.2, 0.25) is 0 Å². The third-order valence-corrected chi connectivity index (χ3v) is 14.2. The van der Waals surface area contributed by atoms with Crippen molar-refractivity contribution in [3.05, 3.63) is 32.2 Å². The number of ether oxygens (including phenoxy) is 8. The molecular formula is C47H74Cl2I2O14. The van der Waals surface area contributed by atoms with Crippen LogP contribution < -0.4 is 0 Å². The summed E-state index contributed by atoms with van der Waals surface area (Å²) < 4.78 is 48.1. The van der Waals surface area contributed by atoms with Gasteiger partial charge in [0.1, 0.15) is 42.1 Å². The number of carbonyl (C=O) groups is 4. The fourth-order valence-electron chi connectivity index (χ4n) is 9.30. The molecule has 0 saturated carbocycles. The molecule has 0 aromatic heterocycles. The predicted octanol–water partition coefficient (Wildman–Crippen LogP) is 8.66. The van der Waals surface area contributed by atoms with E-state index >= 15 is 0 Å². The average molecular weight is 1190 g/mol. The van der Waals surface area contributed by atoms with E-state index < -0.39 is 36.6 Å². The van der Waals surface area contributed by atoms with Crippen LogP contribution in [0.4, 0.5) is 0 Å². The molecule has 0 aromatic rings. The van der Waals surface area contributed by atoms with Gasteiger partial charge in [-0.2, -0.15) is 0 Å². The Labute approximate surface area is 424 Å². The van der Waals surface area contributed by atoms with Crippen molar-refractivity contribution in [2.24, 2.45) is 11.8 Å². The van der Waals surface area contributed by atoms with Gasteiger partial charge in [-0.15, -0.1) is 23.2 Å². The van der Waals surface area contributed by atoms with Gasteiger partial charge in [-0.25, -0.2) is 0 Å². The first-order valence-electron chi connectivity index (χ1n) is 21.5. The molecule has 18 heteroatoms. The summed E-state index contributed by atoms with van der Waals surface area (Å²) in [7, 11) is 2.73. The summed E-state index contributed by atoms with van der Waals surface area (Å²) in [5.74, 6) is -0.574. The van der Waals surface area contributed by atoms with E-state index in [4.69, 9.17) is 61.1 Å². The maximum absolute atomic E-state index is 12.5. The Kier molecular flexibility index (Phi) is 26.0. The first-order valence-corrected chi connectivity index (χ1v) is 24.6. The van der Waals surface area contributed by atoms with Gasteiger partial charge in [0.25, 0.3) is 0 Å². The quantitative estimate of drug-likeness (QED) is 0.0611. The zero-order valence-electron chi connectivity index (χ0n) is 35.8. The summed E-state index contributed by atoms with van der Waals surface area (Å²) in [6.45, 7) is 11.7. The van der Waals surface area contributed by atoms with Gasteiger partial charge in [0, 0.05) is 47.9 Å². The molecule has 3 unspecified atom stereocenters. The monoisotopic (exact) mass is 1190 g/mol. The summed E-state index contributed by atoms with van der Waals surface area (Å²) in [6.07, 6.45) is 2.36. The lowest BCUT2D eigenvalue weighted by Crippen LogP contribution is -2.57. The molecular weight excluding hydrogens is 1110 g/mol. The molecule has 6 aliphatic heterocycles. The lowest BCUT2D eigenvalue weighted by Gasteiger charge is -2.47. The van der Waals surface area contributed by atoms with Crippen molar-refractivity contribution in [3.8, 4) is 0 Å². The van der Waals surface area contributed by atoms with Crippen molar-refractivity contribution in [2.45, 2.75) is 210 Å². The van der Waals surface area contributed by atoms with E-state index in [0.29, 0.717) is 44.9 Å². The van der Waals surface area contributed by atoms with Crippen LogP contribution in [0.15, 0.2) is 32.2 Å². The lowest BCUT2D eigenvalue weighted by molar-refractivity contribution is -0.240. The Morgan fingerprint density at radius 3 is 1.66 bits per heavy atom. The van der Waals surface area contributed by atoms with Gasteiger partial charge in [-0.3, -0.25) is 19.2 Å². The van der Waals surface area contributed by atoms with Gasteiger partial charge < -0.3 is 48.1 Å². The second kappa shape index (κ2) is 28.0. The highest BCUT2D eigenvalue weighted by Crippen LogP contribution is 2.44. The minimum Gasteiger partial charge on any atom is -0.489 e. The summed E-state index contributed by atoms with van der Waals surface area (Å²) in [6, 6.07) is 0. The summed E-state index contributed by atoms with van der Waals surface area (Å²) >= 11 is 16.7. The Balaban J connectivity index is 0.000000427. The van der Waals surface area contributed by atoms with Crippen LogP contribution in [0, 0.1) is 11.8 Å². The minimum atomic E-state index is -0.994. The van der Waals surface area contributed by atoms with Crippen LogP contribution in [0.5, 0.6) is 0 Å². The number of carbonyl (C=O) groups excluding carboxylic acids is 4. The molecule has 0 bridgehead atoms. The van der Waals surface area contributed by atoms with Crippen molar-refractivity contribution in [1.29, 1.82) is 0 Å². The van der Waals surface area contributed by atoms with E-state index in [-0.39, 0.29) is 143 Å². The lowest BCUT2D eigenvalue weighted by atomic mass is 9.82. The van der Waals surface area contributed by atoms with Crippen molar-refractivity contribution >= 4 is 91.9 Å². The summed E-state index contributed by atoms with van der Waals surface area (Å²) in [4.78, 5) is 48.1. The molecule has 6 saturated heterocycles. The molecule has 6 fully saturated rings. The minimum absolute atomic E-state index is 0. The van der Waals surface area contributed by atoms with Gasteiger partial charge >= 0.3 is 11.9 Å². The van der Waals surface area contributed by atoms with Gasteiger partial charge in [-0.05, 0) is 104 Å². The second-order valence-electron chi connectivity index (χ2n) is 17.3. The highest BCUT2D eigenvalue weighted by molar-refractivity contribution is 14.1. The molecule has 0 amide bonds. The van der Waals surface area contributed by atoms with Gasteiger partial charge in [-0.1, -0.05) is 49.3 Å². The third-order valence-electron chi connectivity index (χ3n) is 12.6. The fourth-order valence-corrected chi connectivity index (χ4v) is 11.5. The van der Waals surface area contributed by atoms with Crippen LogP contribution in [-0.2, 0) is 57.1 Å². The number of esters is 2. The third kappa shape index (κ3) is 16.6. The number of allylic oxidation sites excluding steroid dienone is 3. The molecule has 374 valence electrons. The maximum atomic E-state index is 12.5. The SMILES string of the molecule is C.C.C.C=C(I)C[C@H](Cl)CCC(=O)/C=C1/O[C@@H]2C(O[C@H]3CC[C@H](CC(=O)OC)O[C@@H]3[C@@H]2C)[C@H]1O.C=C(I)C[C@H](Cl)CCC(=O)CC1O[C@@H]2C(O[C@H]3CC[C@H](CC(=O)OC)O[C@@H]3[C@@H]2C)[C@H]1O. The van der Waals surface area contributed by atoms with Crippen LogP contribution >= 0.6 is 68.4 Å². The zero-order valence-corrected chi connectivity index (χ0v) is 41.6. The average Bonchev–Trinajstić information content (AvgIpc) is 3.70. The molecule has 6 rings (SSSR count). The van der Waals surface area contributed by atoms with E-state index in [2.05, 4.69) is 58.3 Å². The standard InChI is InChI=1S/C22H32ClIO7.C22H30ClIO7.3CH4/c2*1-11(24)8-13(23)4-5-14(25)9-17-19(27)22-21(31-17)12(2)20-16(30-22)7-6-15(29-20)10-18(26)28-3;;;/h12-13,15-17,19-22,27H,1,4-10H2,2-3H3;9,12-13,15-16,19-22,27H,1,4-8,10H2,2-3H3;3*1H4/b;17-9+;;;/t12-,13+,15+,16-,17?,19-,20+,21-,22?;12-,13+,15+,16-,19-,20+,21-,22?;;;/m00.../s1. The topological polar surface area (TPSA) is 183 Å². The van der Waals surface area contributed by atoms with E-state index in [0.717, 1.165) is 20.0 Å². The number of fused-ring (bicyclic) bond motifs is 4. The van der Waals surface area contributed by atoms with E-state index in [9.17, 15) is 29.4 Å². The predicted molar refractivity (Wildman–Crippen MR) is 266 cm³/mol. The zero-order chi connectivity index (χ0) is 45.4. The highest BCUT2D eigenvalue weighted by Gasteiger charge is 2.57. The van der Waals surface area contributed by atoms with Gasteiger partial charge in [0.05, 0.1) is 75.9 Å². The number of Topliss-reactive ketones (excluding diaryl/α,β-unsaturated/α-hetero) is 1. The number of hydrogen-bond donors (Lipinski definition) is 2. The van der Waals surface area contributed by atoms with Crippen molar-refractivity contribution in [1.82, 2.24) is 0 Å². The largest absolute Gasteiger partial charge is 0.489 e. The Hall–Kier alpha value is -0.940. The molecule has 0 spiro atoms. The first kappa shape index (κ1) is 60.2. The Morgan fingerprint density at radius 1 is 0.692 bits per heavy atom. The smallest absolute Gasteiger partial charge is 0.308 e. The van der Waals surface area contributed by atoms with Crippen molar-refractivity contribution in [3.63, 3.8) is 0 Å². The molecule has 14 nitrogen and oxygen atoms in total. The molecule has 6 heterocycles. The number of hydrogen-bond acceptors (Lipinski definition) is 14. The highest BCUT2D eigenvalue weighted by atomic mass is 127. The number of aliphatic hydroxyl groups is 2. The van der Waals surface area contributed by atoms with Crippen LogP contribution in [0.25, 0.3) is 0 Å². The summed E-state index contributed by atoms with van der Waals surface area (Å²) in [5, 5.41) is 21.3. The molecule has 0 radical (unpaired) electrons. The van der Waals surface area contributed by atoms with Crippen molar-refractivity contribution < 1.29 is 67.3 Å². The number of methoxy groups -OCH3 is 2. The van der Waals surface area contributed by atoms with E-state index in [1.165, 1.54) is 20.3 Å². The van der Waals surface area contributed by atoms with Gasteiger partial charge in [0.15, 0.2) is 5.78 Å². The molecule has 65 heavy (non-hydrogen) atoms. The van der Waals surface area contributed by atoms with Crippen LogP contribution in [0.3, 0.4) is 0 Å². The molecule has 6 aliphatic rings. The number of ketones is 2. The van der Waals surface area contributed by atoms with Crippen LogP contribution in [-0.4, -0.2) is 138 Å². The fraction of sp³-hybridized carbons (Fsp3) is 0.787. The van der Waals surface area contributed by atoms with E-state index in [1.807, 2.05) is 13.8 Å². The molecule has 0 aromatic carbocycles. The second-order valence-corrected chi connectivity index (χ2v) is 21.6. The maximum Gasteiger partial charge on any atom is 0.308 e. The first-order chi connectivity index (χ1) is 29.4. The molecule has 0 aliphatic carbocycles. The normalized spacial score (nSPS) is 35.7. The number of rotatable bonds is 17. The van der Waals surface area contributed by atoms with Gasteiger partial charge in [0.2, 0.25) is 0 Å². The molecule has 17 atom stereocenters. The Bertz CT molecular complexity index is 1630. The van der Waals surface area contributed by atoms with Crippen molar-refractivity contribution in [2.75, 3.05) is 14.2 Å². The Morgan fingerprint density at radius 2 is 1.17 bits per heavy atom. The molecule has 2 N–H and O–H groups in total. The number of alkyl halides is 2. The number of aliphatic hydroxyl groups excluding tert-OH is 2. The van der Waals surface area contributed by atoms with Crippen LogP contribution in [0.1, 0.15) is 120 Å². The number of halogens is 4. The summed E-state index contributed by atoms with van der Waals surface area (Å²) in [5.41, 5.74) is 0.